The van der Waals surface area contributed by atoms with Gasteiger partial charge in [-0.05, 0) is 12.1 Å². The first kappa shape index (κ1) is 15.9. The molecule has 1 aromatic carbocycles. The minimum Gasteiger partial charge on any atom is -0.478 e. The molecule has 10 heteroatoms. The second-order valence-corrected chi connectivity index (χ2v) is 5.64. The number of thioether (sulfide) groups is 1. The lowest BCUT2D eigenvalue weighted by Gasteiger charge is -2.15. The Balaban J connectivity index is 2.06. The third-order valence-corrected chi connectivity index (χ3v) is 3.93. The number of nitrogens with zero attached hydrogens (tertiary/aromatic N) is 1. The van der Waals surface area contributed by atoms with Crippen molar-refractivity contribution >= 4 is 57.7 Å². The number of nitrogens with one attached hydrogen (secondary N) is 2. The second kappa shape index (κ2) is 6.54. The van der Waals surface area contributed by atoms with Gasteiger partial charge in [0.15, 0.2) is 4.32 Å². The number of thiocarbonyl (C=S) groups is 1. The summed E-state index contributed by atoms with van der Waals surface area (Å²) < 4.78 is 0.136. The summed E-state index contributed by atoms with van der Waals surface area (Å²) in [6.07, 6.45) is 0. The average Bonchev–Trinajstić information content (AvgIpc) is 2.79. The lowest BCUT2D eigenvalue weighted by molar-refractivity contribution is -0.141. The van der Waals surface area contributed by atoms with E-state index in [1.807, 2.05) is 0 Å². The summed E-state index contributed by atoms with van der Waals surface area (Å²) in [6.45, 7) is 0. The number of hydrogen-bond donors (Lipinski definition) is 3. The normalized spacial score (nSPS) is 13.9. The minimum absolute atomic E-state index is 0.0279. The predicted octanol–water partition coefficient (Wildman–Crippen LogP) is 0.215. The van der Waals surface area contributed by atoms with Crippen molar-refractivity contribution in [2.45, 2.75) is 0 Å². The first-order chi connectivity index (χ1) is 10.4. The van der Waals surface area contributed by atoms with Gasteiger partial charge in [-0.15, -0.1) is 0 Å². The molecule has 0 aromatic heterocycles. The number of carbonyl (C=O) groups excluding carboxylic acids is 3. The zero-order valence-corrected chi connectivity index (χ0v) is 12.5. The molecule has 1 heterocycles. The van der Waals surface area contributed by atoms with Gasteiger partial charge in [-0.25, -0.2) is 9.80 Å². The molecule has 22 heavy (non-hydrogen) atoms. The number of para-hydroxylation sites is 1. The molecule has 0 radical (unpaired) electrons. The highest BCUT2D eigenvalue weighted by Gasteiger charge is 2.30. The molecular weight excluding hydrogens is 330 g/mol. The summed E-state index contributed by atoms with van der Waals surface area (Å²) >= 11 is 5.91. The van der Waals surface area contributed by atoms with E-state index in [1.54, 1.807) is 0 Å². The lowest BCUT2D eigenvalue weighted by Crippen LogP contribution is -2.49. The van der Waals surface area contributed by atoms with Crippen molar-refractivity contribution in [3.8, 4) is 0 Å². The van der Waals surface area contributed by atoms with Gasteiger partial charge in [0.25, 0.3) is 5.91 Å². The fraction of sp³-hybridized carbons (Fsp3) is 0.0833. The number of carbonyl (C=O) groups is 4. The molecule has 0 aliphatic carbocycles. The molecule has 1 aromatic rings. The van der Waals surface area contributed by atoms with Gasteiger partial charge in [-0.3, -0.25) is 19.8 Å². The summed E-state index contributed by atoms with van der Waals surface area (Å²) in [5, 5.41) is 12.0. The number of anilines is 1. The highest BCUT2D eigenvalue weighted by atomic mass is 32.2. The Labute approximate surface area is 133 Å². The van der Waals surface area contributed by atoms with Crippen molar-refractivity contribution in [3.63, 3.8) is 0 Å². The lowest BCUT2D eigenvalue weighted by atomic mass is 10.2. The van der Waals surface area contributed by atoms with Gasteiger partial charge in [0.05, 0.1) is 17.0 Å². The monoisotopic (exact) mass is 339 g/mol. The van der Waals surface area contributed by atoms with Crippen LogP contribution in [0.5, 0.6) is 0 Å². The van der Waals surface area contributed by atoms with Gasteiger partial charge in [-0.1, -0.05) is 36.1 Å². The molecule has 0 saturated carbocycles. The van der Waals surface area contributed by atoms with E-state index in [4.69, 9.17) is 17.3 Å². The second-order valence-electron chi connectivity index (χ2n) is 4.03. The Bertz CT molecular complexity index is 675. The molecule has 1 aliphatic heterocycles. The maximum atomic E-state index is 11.8. The maximum absolute atomic E-state index is 11.8. The summed E-state index contributed by atoms with van der Waals surface area (Å²) in [5.74, 6) is -3.84. The molecule has 0 bridgehead atoms. The van der Waals surface area contributed by atoms with Crippen LogP contribution in [0.2, 0.25) is 0 Å². The molecule has 114 valence electrons. The Hall–Kier alpha value is -2.46. The third kappa shape index (κ3) is 3.40. The fourth-order valence-corrected chi connectivity index (χ4v) is 2.55. The standard InChI is InChI=1S/C12H9N3O5S2/c16-8-5-22-12(21)15(8)14-10(18)9(17)13-7-4-2-1-3-6(7)11(19)20/h1-4H,5H2,(H,13,17)(H,14,18)(H,19,20). The number of benzene rings is 1. The molecule has 2 rings (SSSR count). The highest BCUT2D eigenvalue weighted by Crippen LogP contribution is 2.17. The van der Waals surface area contributed by atoms with E-state index < -0.39 is 23.7 Å². The number of carboxylic acid groups (broad SMARTS) is 1. The van der Waals surface area contributed by atoms with Gasteiger partial charge >= 0.3 is 17.8 Å². The molecule has 0 spiro atoms. The van der Waals surface area contributed by atoms with E-state index in [1.165, 1.54) is 24.3 Å². The molecule has 3 N–H and O–H groups in total. The van der Waals surface area contributed by atoms with Crippen LogP contribution in [0.15, 0.2) is 24.3 Å². The molecule has 1 saturated heterocycles. The Morgan fingerprint density at radius 1 is 1.23 bits per heavy atom. The summed E-state index contributed by atoms with van der Waals surface area (Å²) in [4.78, 5) is 46.0. The van der Waals surface area contributed by atoms with Gasteiger partial charge in [0.1, 0.15) is 0 Å². The molecule has 0 atom stereocenters. The van der Waals surface area contributed by atoms with Crippen molar-refractivity contribution in [3.05, 3.63) is 29.8 Å². The average molecular weight is 339 g/mol. The van der Waals surface area contributed by atoms with Gasteiger partial charge in [0.2, 0.25) is 0 Å². The smallest absolute Gasteiger partial charge is 0.337 e. The Morgan fingerprint density at radius 3 is 2.50 bits per heavy atom. The SMILES string of the molecule is O=C(Nc1ccccc1C(=O)O)C(=O)NN1C(=O)CSC1=S. The number of carboxylic acids is 1. The number of amides is 3. The Kier molecular flexibility index (Phi) is 4.73. The van der Waals surface area contributed by atoms with Gasteiger partial charge < -0.3 is 10.4 Å². The summed E-state index contributed by atoms with van der Waals surface area (Å²) in [6, 6.07) is 5.62. The van der Waals surface area contributed by atoms with Crippen LogP contribution < -0.4 is 10.7 Å². The van der Waals surface area contributed by atoms with Crippen LogP contribution in [0.4, 0.5) is 5.69 Å². The zero-order chi connectivity index (χ0) is 16.3. The number of hydrazine groups is 1. The zero-order valence-electron chi connectivity index (χ0n) is 10.9. The molecule has 1 aliphatic rings. The van der Waals surface area contributed by atoms with Gasteiger partial charge in [-0.2, -0.15) is 0 Å². The van der Waals surface area contributed by atoms with E-state index in [2.05, 4.69) is 10.7 Å². The molecule has 0 unspecified atom stereocenters. The van der Waals surface area contributed by atoms with E-state index in [0.717, 1.165) is 16.8 Å². The molecule has 3 amide bonds. The van der Waals surface area contributed by atoms with E-state index in [-0.39, 0.29) is 21.3 Å². The van der Waals surface area contributed by atoms with Crippen LogP contribution in [0.25, 0.3) is 0 Å². The predicted molar refractivity (Wildman–Crippen MR) is 82.1 cm³/mol. The number of hydrogen-bond acceptors (Lipinski definition) is 6. The highest BCUT2D eigenvalue weighted by molar-refractivity contribution is 8.23. The number of rotatable bonds is 3. The number of aromatic carboxylic acids is 1. The fourth-order valence-electron chi connectivity index (χ4n) is 1.57. The van der Waals surface area contributed by atoms with Crippen LogP contribution in [0.3, 0.4) is 0 Å². The van der Waals surface area contributed by atoms with Crippen molar-refractivity contribution in [1.82, 2.24) is 10.4 Å². The van der Waals surface area contributed by atoms with Crippen molar-refractivity contribution < 1.29 is 24.3 Å². The first-order valence-corrected chi connectivity index (χ1v) is 7.23. The largest absolute Gasteiger partial charge is 0.478 e. The van der Waals surface area contributed by atoms with Crippen molar-refractivity contribution in [2.75, 3.05) is 11.1 Å². The molecule has 1 fully saturated rings. The summed E-state index contributed by atoms with van der Waals surface area (Å²) in [5.41, 5.74) is 1.88. The van der Waals surface area contributed by atoms with Crippen LogP contribution in [-0.2, 0) is 14.4 Å². The van der Waals surface area contributed by atoms with Crippen molar-refractivity contribution in [1.29, 1.82) is 0 Å². The molecular formula is C12H9N3O5S2. The molecule has 8 nitrogen and oxygen atoms in total. The van der Waals surface area contributed by atoms with E-state index >= 15 is 0 Å². The van der Waals surface area contributed by atoms with Crippen LogP contribution in [0, 0.1) is 0 Å². The summed E-state index contributed by atoms with van der Waals surface area (Å²) in [7, 11) is 0. The third-order valence-electron chi connectivity index (χ3n) is 2.58. The van der Waals surface area contributed by atoms with E-state index in [0.29, 0.717) is 0 Å². The maximum Gasteiger partial charge on any atom is 0.337 e. The first-order valence-electron chi connectivity index (χ1n) is 5.84. The quantitative estimate of drug-likeness (QED) is 0.533. The van der Waals surface area contributed by atoms with Crippen LogP contribution >= 0.6 is 24.0 Å². The van der Waals surface area contributed by atoms with Crippen LogP contribution in [-0.4, -0.2) is 43.9 Å². The Morgan fingerprint density at radius 2 is 1.91 bits per heavy atom. The minimum atomic E-state index is -1.25. The van der Waals surface area contributed by atoms with E-state index in [9.17, 15) is 19.2 Å². The van der Waals surface area contributed by atoms with Crippen LogP contribution in [0.1, 0.15) is 10.4 Å². The van der Waals surface area contributed by atoms with Gasteiger partial charge in [0, 0.05) is 0 Å². The van der Waals surface area contributed by atoms with Crippen molar-refractivity contribution in [2.24, 2.45) is 0 Å². The topological polar surface area (TPSA) is 116 Å².